The van der Waals surface area contributed by atoms with Crippen LogP contribution in [0.5, 0.6) is 11.5 Å². The second-order valence-electron chi connectivity index (χ2n) is 6.54. The van der Waals surface area contributed by atoms with E-state index in [1.807, 2.05) is 43.3 Å². The normalized spacial score (nSPS) is 10.3. The van der Waals surface area contributed by atoms with Gasteiger partial charge in [0.05, 0.1) is 14.2 Å². The first-order chi connectivity index (χ1) is 14.0. The van der Waals surface area contributed by atoms with E-state index in [2.05, 4.69) is 22.5 Å². The molecule has 2 N–H and O–H groups in total. The largest absolute Gasteiger partial charge is 0.493 e. The number of hydrogen-bond donors (Lipinski definition) is 2. The second-order valence-corrected chi connectivity index (χ2v) is 6.54. The fourth-order valence-electron chi connectivity index (χ4n) is 3.09. The highest BCUT2D eigenvalue weighted by Crippen LogP contribution is 2.31. The molecular formula is C23H25N3O3. The fraction of sp³-hybridized carbons (Fsp3) is 0.217. The van der Waals surface area contributed by atoms with Crippen LogP contribution in [0.4, 0.5) is 17.1 Å². The maximum absolute atomic E-state index is 12.8. The zero-order chi connectivity index (χ0) is 20.8. The molecule has 3 aromatic rings. The van der Waals surface area contributed by atoms with Crippen molar-refractivity contribution >= 4 is 23.0 Å². The molecule has 0 radical (unpaired) electrons. The number of carbonyl (C=O) groups is 1. The van der Waals surface area contributed by atoms with Crippen LogP contribution in [0.15, 0.2) is 54.7 Å². The van der Waals surface area contributed by atoms with Gasteiger partial charge >= 0.3 is 0 Å². The van der Waals surface area contributed by atoms with Crippen LogP contribution in [-0.4, -0.2) is 25.1 Å². The number of aromatic nitrogens is 1. The van der Waals surface area contributed by atoms with Gasteiger partial charge < -0.3 is 20.1 Å². The van der Waals surface area contributed by atoms with E-state index >= 15 is 0 Å². The Morgan fingerprint density at radius 2 is 1.76 bits per heavy atom. The van der Waals surface area contributed by atoms with Crippen molar-refractivity contribution < 1.29 is 14.3 Å². The summed E-state index contributed by atoms with van der Waals surface area (Å²) in [6.07, 6.45) is 2.45. The van der Waals surface area contributed by atoms with Gasteiger partial charge in [0, 0.05) is 29.3 Å². The summed E-state index contributed by atoms with van der Waals surface area (Å²) < 4.78 is 10.6. The number of aryl methyl sites for hydroxylation is 2. The summed E-state index contributed by atoms with van der Waals surface area (Å²) in [4.78, 5) is 17.0. The summed E-state index contributed by atoms with van der Waals surface area (Å²) in [5.41, 5.74) is 4.86. The number of para-hydroxylation sites is 1. The molecule has 0 fully saturated rings. The van der Waals surface area contributed by atoms with Crippen LogP contribution in [-0.2, 0) is 6.42 Å². The molecule has 1 amide bonds. The molecule has 0 unspecified atom stereocenters. The van der Waals surface area contributed by atoms with Crippen molar-refractivity contribution in [3.63, 3.8) is 0 Å². The summed E-state index contributed by atoms with van der Waals surface area (Å²) in [5.74, 6) is 1.03. The number of carbonyl (C=O) groups excluding carboxylic acids is 1. The molecule has 0 aliphatic heterocycles. The minimum atomic E-state index is -0.245. The van der Waals surface area contributed by atoms with Crippen molar-refractivity contribution in [1.82, 2.24) is 4.98 Å². The van der Waals surface area contributed by atoms with Crippen LogP contribution >= 0.6 is 0 Å². The van der Waals surface area contributed by atoms with Crippen LogP contribution in [0.3, 0.4) is 0 Å². The highest BCUT2D eigenvalue weighted by atomic mass is 16.5. The molecule has 150 valence electrons. The lowest BCUT2D eigenvalue weighted by atomic mass is 10.1. The molecule has 1 heterocycles. The summed E-state index contributed by atoms with van der Waals surface area (Å²) in [6.45, 7) is 4.05. The smallest absolute Gasteiger partial charge is 0.274 e. The number of methoxy groups -OCH3 is 2. The van der Waals surface area contributed by atoms with Crippen LogP contribution in [0.2, 0.25) is 0 Å². The maximum Gasteiger partial charge on any atom is 0.274 e. The molecule has 6 heteroatoms. The summed E-state index contributed by atoms with van der Waals surface area (Å²) in [5, 5.41) is 6.27. The molecule has 0 saturated carbocycles. The lowest BCUT2D eigenvalue weighted by molar-refractivity contribution is 0.102. The molecule has 1 aromatic heterocycles. The van der Waals surface area contributed by atoms with Gasteiger partial charge in [0.15, 0.2) is 11.5 Å². The number of pyridine rings is 1. The summed E-state index contributed by atoms with van der Waals surface area (Å²) in [6, 6.07) is 15.1. The number of nitrogens with one attached hydrogen (secondary N) is 2. The lowest BCUT2D eigenvalue weighted by Crippen LogP contribution is -2.16. The molecule has 0 spiro atoms. The van der Waals surface area contributed by atoms with Gasteiger partial charge in [-0.05, 0) is 48.7 Å². The van der Waals surface area contributed by atoms with Crippen molar-refractivity contribution in [2.45, 2.75) is 20.3 Å². The van der Waals surface area contributed by atoms with Crippen molar-refractivity contribution in [2.75, 3.05) is 24.9 Å². The monoisotopic (exact) mass is 391 g/mol. The third kappa shape index (κ3) is 4.66. The van der Waals surface area contributed by atoms with E-state index in [1.165, 1.54) is 0 Å². The first-order valence-electron chi connectivity index (χ1n) is 9.40. The van der Waals surface area contributed by atoms with E-state index < -0.39 is 0 Å². The van der Waals surface area contributed by atoms with E-state index in [-0.39, 0.29) is 5.91 Å². The van der Waals surface area contributed by atoms with Gasteiger partial charge in [-0.25, -0.2) is 0 Å². The third-order valence-corrected chi connectivity index (χ3v) is 4.64. The van der Waals surface area contributed by atoms with Gasteiger partial charge in [0.25, 0.3) is 5.91 Å². The van der Waals surface area contributed by atoms with Crippen molar-refractivity contribution in [3.8, 4) is 11.5 Å². The van der Waals surface area contributed by atoms with E-state index in [1.54, 1.807) is 32.5 Å². The Morgan fingerprint density at radius 3 is 2.48 bits per heavy atom. The molecule has 2 aromatic carbocycles. The number of rotatable bonds is 7. The molecular weight excluding hydrogens is 366 g/mol. The summed E-state index contributed by atoms with van der Waals surface area (Å²) in [7, 11) is 3.18. The van der Waals surface area contributed by atoms with Crippen LogP contribution in [0.1, 0.15) is 28.5 Å². The quantitative estimate of drug-likeness (QED) is 0.595. The molecule has 0 aliphatic rings. The predicted octanol–water partition coefficient (Wildman–Crippen LogP) is 4.97. The van der Waals surface area contributed by atoms with E-state index in [0.29, 0.717) is 17.2 Å². The van der Waals surface area contributed by atoms with Crippen molar-refractivity contribution in [3.05, 3.63) is 71.5 Å². The first-order valence-corrected chi connectivity index (χ1v) is 9.40. The SMILES string of the molecule is CCc1cccc(C)c1NC(=O)c1cc(Nc2ccc(OC)c(OC)c2)ccn1. The number of amides is 1. The Bertz CT molecular complexity index is 1020. The van der Waals surface area contributed by atoms with E-state index in [9.17, 15) is 4.79 Å². The highest BCUT2D eigenvalue weighted by molar-refractivity contribution is 6.04. The number of anilines is 3. The first kappa shape index (κ1) is 20.2. The molecule has 0 bridgehead atoms. The van der Waals surface area contributed by atoms with Crippen molar-refractivity contribution in [1.29, 1.82) is 0 Å². The van der Waals surface area contributed by atoms with E-state index in [0.717, 1.165) is 34.6 Å². The Kier molecular flexibility index (Phi) is 6.34. The number of hydrogen-bond acceptors (Lipinski definition) is 5. The molecule has 6 nitrogen and oxygen atoms in total. The van der Waals surface area contributed by atoms with Gasteiger partial charge in [0.2, 0.25) is 0 Å². The van der Waals surface area contributed by atoms with Crippen LogP contribution in [0, 0.1) is 6.92 Å². The Morgan fingerprint density at radius 1 is 1.00 bits per heavy atom. The van der Waals surface area contributed by atoms with Gasteiger partial charge in [-0.2, -0.15) is 0 Å². The molecule has 29 heavy (non-hydrogen) atoms. The predicted molar refractivity (Wildman–Crippen MR) is 116 cm³/mol. The Labute approximate surface area is 170 Å². The average Bonchev–Trinajstić information content (AvgIpc) is 2.75. The minimum absolute atomic E-state index is 0.245. The number of ether oxygens (including phenoxy) is 2. The van der Waals surface area contributed by atoms with Gasteiger partial charge in [-0.1, -0.05) is 25.1 Å². The standard InChI is InChI=1S/C23H25N3O3/c1-5-16-8-6-7-15(2)22(16)26-23(27)19-13-18(11-12-24-19)25-17-9-10-20(28-3)21(14-17)29-4/h6-14H,5H2,1-4H3,(H,24,25)(H,26,27). The van der Waals surface area contributed by atoms with Gasteiger partial charge in [0.1, 0.15) is 5.69 Å². The van der Waals surface area contributed by atoms with Gasteiger partial charge in [-0.3, -0.25) is 9.78 Å². The molecule has 3 rings (SSSR count). The molecule has 0 atom stereocenters. The Balaban J connectivity index is 1.80. The average molecular weight is 391 g/mol. The zero-order valence-corrected chi connectivity index (χ0v) is 17.1. The Hall–Kier alpha value is -3.54. The third-order valence-electron chi connectivity index (χ3n) is 4.64. The van der Waals surface area contributed by atoms with E-state index in [4.69, 9.17) is 9.47 Å². The fourth-order valence-corrected chi connectivity index (χ4v) is 3.09. The minimum Gasteiger partial charge on any atom is -0.493 e. The highest BCUT2D eigenvalue weighted by Gasteiger charge is 2.13. The van der Waals surface area contributed by atoms with Crippen LogP contribution in [0.25, 0.3) is 0 Å². The lowest BCUT2D eigenvalue weighted by Gasteiger charge is -2.14. The number of benzene rings is 2. The second kappa shape index (κ2) is 9.10. The van der Waals surface area contributed by atoms with Gasteiger partial charge in [-0.15, -0.1) is 0 Å². The van der Waals surface area contributed by atoms with Crippen molar-refractivity contribution in [2.24, 2.45) is 0 Å². The zero-order valence-electron chi connectivity index (χ0n) is 17.1. The topological polar surface area (TPSA) is 72.5 Å². The maximum atomic E-state index is 12.8. The molecule has 0 aliphatic carbocycles. The van der Waals surface area contributed by atoms with Crippen LogP contribution < -0.4 is 20.1 Å². The number of nitrogens with zero attached hydrogens (tertiary/aromatic N) is 1. The summed E-state index contributed by atoms with van der Waals surface area (Å²) >= 11 is 0. The molecule has 0 saturated heterocycles.